The molecule has 0 atom stereocenters. The smallest absolute Gasteiger partial charge is 0.422 e. The van der Waals surface area contributed by atoms with Crippen LogP contribution >= 0.6 is 11.3 Å². The first kappa shape index (κ1) is 38.0. The Balaban J connectivity index is 1.60. The summed E-state index contributed by atoms with van der Waals surface area (Å²) in [5, 5.41) is 6.38. The Morgan fingerprint density at radius 1 is 1.08 bits per heavy atom. The van der Waals surface area contributed by atoms with Crippen LogP contribution in [0, 0.1) is 17.7 Å². The van der Waals surface area contributed by atoms with Gasteiger partial charge >= 0.3 is 12.4 Å². The van der Waals surface area contributed by atoms with E-state index in [4.69, 9.17) is 9.47 Å². The predicted octanol–water partition coefficient (Wildman–Crippen LogP) is 5.90. The molecule has 9 nitrogen and oxygen atoms in total. The molecule has 3 N–H and O–H groups in total. The minimum absolute atomic E-state index is 0.0363. The molecule has 1 fully saturated rings. The van der Waals surface area contributed by atoms with Crippen LogP contribution in [-0.4, -0.2) is 84.1 Å². The maximum atomic E-state index is 14.8. The summed E-state index contributed by atoms with van der Waals surface area (Å²) < 4.78 is 131. The molecule has 0 unspecified atom stereocenters. The molecule has 4 rings (SSSR count). The van der Waals surface area contributed by atoms with Crippen molar-refractivity contribution >= 4 is 48.7 Å². The van der Waals surface area contributed by atoms with E-state index in [1.165, 1.54) is 4.72 Å². The van der Waals surface area contributed by atoms with E-state index in [0.29, 0.717) is 34.5 Å². The van der Waals surface area contributed by atoms with Gasteiger partial charge in [0.25, 0.3) is 10.0 Å². The Morgan fingerprint density at radius 3 is 2.43 bits per heavy atom. The van der Waals surface area contributed by atoms with Gasteiger partial charge in [-0.1, -0.05) is 24.0 Å². The van der Waals surface area contributed by atoms with Crippen LogP contribution in [0.25, 0.3) is 10.1 Å². The fraction of sp³-hybridized carbons (Fsp3) is 0.452. The number of piperidine rings is 1. The molecule has 1 aromatic heterocycles. The molecule has 1 aliphatic heterocycles. The standard InChI is InChI=1S/C31H33F7N4O5S2/c1-19(43)41-49(44,45)28-16-26(47-18-31(36,37)38)25(15-23(28)32)39-10-4-7-27-22(17-30(33,34)35)21-5-3-6-24(29(21)48-27)40-20-8-11-42(12-9-20)13-14-46-2/h3,5-6,15-16,20,39-40H,8-14,17-18H2,1-2H3,(H,41,43). The number of thiophene rings is 1. The molecule has 0 radical (unpaired) electrons. The van der Waals surface area contributed by atoms with Gasteiger partial charge in [0.15, 0.2) is 6.61 Å². The molecule has 1 amide bonds. The number of nitrogens with one attached hydrogen (secondary N) is 3. The monoisotopic (exact) mass is 738 g/mol. The van der Waals surface area contributed by atoms with Crippen LogP contribution in [0.15, 0.2) is 35.2 Å². The number of amides is 1. The number of benzene rings is 2. The molecule has 268 valence electrons. The molecule has 1 saturated heterocycles. The van der Waals surface area contributed by atoms with E-state index in [2.05, 4.69) is 27.4 Å². The number of halogens is 7. The number of carbonyl (C=O) groups excluding carboxylic acids is 1. The van der Waals surface area contributed by atoms with E-state index in [9.17, 15) is 43.9 Å². The molecule has 3 aromatic rings. The molecule has 1 aliphatic rings. The van der Waals surface area contributed by atoms with Crippen molar-refractivity contribution in [2.45, 2.75) is 49.5 Å². The van der Waals surface area contributed by atoms with Crippen molar-refractivity contribution < 1.29 is 53.4 Å². The first-order chi connectivity index (χ1) is 23.0. The molecule has 0 aliphatic carbocycles. The molecular weight excluding hydrogens is 705 g/mol. The van der Waals surface area contributed by atoms with Crippen molar-refractivity contribution in [3.05, 3.63) is 46.6 Å². The summed E-state index contributed by atoms with van der Waals surface area (Å²) >= 11 is 1.06. The number of alkyl halides is 6. The lowest BCUT2D eigenvalue weighted by Crippen LogP contribution is -2.40. The molecule has 0 saturated carbocycles. The number of rotatable bonds is 12. The first-order valence-corrected chi connectivity index (χ1v) is 17.1. The highest BCUT2D eigenvalue weighted by Gasteiger charge is 2.32. The van der Waals surface area contributed by atoms with E-state index in [0.717, 1.165) is 50.7 Å². The van der Waals surface area contributed by atoms with Crippen LogP contribution in [0.3, 0.4) is 0 Å². The number of likely N-dealkylation sites (tertiary alicyclic amines) is 1. The maximum Gasteiger partial charge on any atom is 0.422 e. The summed E-state index contributed by atoms with van der Waals surface area (Å²) in [5.41, 5.74) is 0.221. The number of fused-ring (bicyclic) bond motifs is 1. The highest BCUT2D eigenvalue weighted by atomic mass is 32.2. The zero-order valence-corrected chi connectivity index (χ0v) is 27.9. The van der Waals surface area contributed by atoms with Crippen LogP contribution in [0.5, 0.6) is 5.75 Å². The van der Waals surface area contributed by atoms with Crippen molar-refractivity contribution in [3.8, 4) is 17.6 Å². The van der Waals surface area contributed by atoms with E-state index in [-0.39, 0.29) is 16.5 Å². The average molecular weight is 739 g/mol. The van der Waals surface area contributed by atoms with E-state index in [1.54, 1.807) is 25.3 Å². The van der Waals surface area contributed by atoms with Crippen molar-refractivity contribution in [2.75, 3.05) is 57.1 Å². The maximum absolute atomic E-state index is 14.8. The summed E-state index contributed by atoms with van der Waals surface area (Å²) in [6.45, 7) is 1.69. The zero-order chi connectivity index (χ0) is 36.0. The van der Waals surface area contributed by atoms with Crippen molar-refractivity contribution in [2.24, 2.45) is 0 Å². The number of sulfonamides is 1. The molecule has 0 spiro atoms. The van der Waals surface area contributed by atoms with E-state index in [1.807, 2.05) is 0 Å². The molecular formula is C31H33F7N4O5S2. The normalized spacial score (nSPS) is 14.7. The van der Waals surface area contributed by atoms with Gasteiger partial charge in [0, 0.05) is 51.8 Å². The molecule has 18 heteroatoms. The van der Waals surface area contributed by atoms with Crippen molar-refractivity contribution in [1.29, 1.82) is 0 Å². The van der Waals surface area contributed by atoms with Crippen molar-refractivity contribution in [1.82, 2.24) is 9.62 Å². The summed E-state index contributed by atoms with van der Waals surface area (Å²) in [6, 6.07) is 6.17. The number of nitrogens with zero attached hydrogens (tertiary/aromatic N) is 1. The SMILES string of the molecule is COCCN1CCC(Nc2cccc3c(CC(F)(F)F)c(C#CCNc4cc(F)c(S(=O)(=O)NC(C)=O)cc4OCC(F)(F)F)sc23)CC1. The lowest BCUT2D eigenvalue weighted by molar-refractivity contribution is -0.153. The van der Waals surface area contributed by atoms with Gasteiger partial charge in [0.05, 0.1) is 40.5 Å². The predicted molar refractivity (Wildman–Crippen MR) is 171 cm³/mol. The summed E-state index contributed by atoms with van der Waals surface area (Å²) in [7, 11) is -3.15. The minimum Gasteiger partial charge on any atom is -0.482 e. The zero-order valence-electron chi connectivity index (χ0n) is 26.3. The van der Waals surface area contributed by atoms with Crippen LogP contribution in [0.4, 0.5) is 42.1 Å². The topological polar surface area (TPSA) is 109 Å². The number of methoxy groups -OCH3 is 1. The highest BCUT2D eigenvalue weighted by molar-refractivity contribution is 7.90. The molecule has 49 heavy (non-hydrogen) atoms. The second-order valence-electron chi connectivity index (χ2n) is 11.1. The van der Waals surface area contributed by atoms with Crippen molar-refractivity contribution in [3.63, 3.8) is 0 Å². The Hall–Kier alpha value is -3.79. The fourth-order valence-electron chi connectivity index (χ4n) is 5.17. The van der Waals surface area contributed by atoms with Gasteiger partial charge in [-0.15, -0.1) is 11.3 Å². The average Bonchev–Trinajstić information content (AvgIpc) is 3.33. The summed E-state index contributed by atoms with van der Waals surface area (Å²) in [5.74, 6) is 2.12. The summed E-state index contributed by atoms with van der Waals surface area (Å²) in [6.07, 6.45) is -8.99. The number of anilines is 2. The van der Waals surface area contributed by atoms with Crippen LogP contribution < -0.4 is 20.1 Å². The molecule has 2 aromatic carbocycles. The third-order valence-electron chi connectivity index (χ3n) is 7.32. The van der Waals surface area contributed by atoms with Gasteiger partial charge < -0.3 is 25.0 Å². The van der Waals surface area contributed by atoms with Gasteiger partial charge in [-0.2, -0.15) is 26.3 Å². The Labute approximate surface area is 282 Å². The Kier molecular flexibility index (Phi) is 12.3. The molecule has 0 bridgehead atoms. The van der Waals surface area contributed by atoms with Gasteiger partial charge in [0.1, 0.15) is 16.5 Å². The van der Waals surface area contributed by atoms with Crippen LogP contribution in [0.1, 0.15) is 30.2 Å². The quantitative estimate of drug-likeness (QED) is 0.156. The third-order valence-corrected chi connectivity index (χ3v) is 9.96. The minimum atomic E-state index is -4.84. The van der Waals surface area contributed by atoms with Gasteiger partial charge in [-0.05, 0) is 29.9 Å². The lowest BCUT2D eigenvalue weighted by atomic mass is 10.0. The van der Waals surface area contributed by atoms with Gasteiger partial charge in [-0.3, -0.25) is 4.79 Å². The Bertz CT molecular complexity index is 1810. The fourth-order valence-corrected chi connectivity index (χ4v) is 7.41. The number of hydrogen-bond donors (Lipinski definition) is 3. The van der Waals surface area contributed by atoms with Crippen LogP contribution in [-0.2, 0) is 26.0 Å². The number of hydrogen-bond acceptors (Lipinski definition) is 9. The Morgan fingerprint density at radius 2 is 1.80 bits per heavy atom. The highest BCUT2D eigenvalue weighted by Crippen LogP contribution is 2.39. The summed E-state index contributed by atoms with van der Waals surface area (Å²) in [4.78, 5) is 12.5. The second-order valence-corrected chi connectivity index (χ2v) is 13.8. The van der Waals surface area contributed by atoms with E-state index < -0.39 is 70.0 Å². The second kappa shape index (κ2) is 15.8. The van der Waals surface area contributed by atoms with Gasteiger partial charge in [0.2, 0.25) is 5.91 Å². The third kappa shape index (κ3) is 10.8. The number of carbonyl (C=O) groups is 1. The number of ether oxygens (including phenoxy) is 2. The van der Waals surface area contributed by atoms with E-state index >= 15 is 0 Å². The first-order valence-electron chi connectivity index (χ1n) is 14.8. The van der Waals surface area contributed by atoms with Gasteiger partial charge in [-0.25, -0.2) is 17.5 Å². The molecule has 2 heterocycles. The lowest BCUT2D eigenvalue weighted by Gasteiger charge is -2.32. The largest absolute Gasteiger partial charge is 0.482 e. The van der Waals surface area contributed by atoms with Crippen LogP contribution in [0.2, 0.25) is 0 Å².